The van der Waals surface area contributed by atoms with Crippen molar-refractivity contribution >= 4 is 0 Å². The van der Waals surface area contributed by atoms with Gasteiger partial charge < -0.3 is 4.90 Å². The molecule has 0 aromatic heterocycles. The number of hydrogen-bond donors (Lipinski definition) is 0. The van der Waals surface area contributed by atoms with Gasteiger partial charge in [-0.15, -0.1) is 0 Å². The predicted molar refractivity (Wildman–Crippen MR) is 58.9 cm³/mol. The summed E-state index contributed by atoms with van der Waals surface area (Å²) in [4.78, 5) is 2.44. The van der Waals surface area contributed by atoms with Crippen LogP contribution in [0.4, 0.5) is 0 Å². The Hall–Kier alpha value is -0.0400. The Bertz CT molecular complexity index is 134. The SMILES string of the molecule is CC(C)C[C@@H](C1CCCC1)N(C)C. The maximum absolute atomic E-state index is 2.44. The van der Waals surface area contributed by atoms with E-state index in [1.807, 2.05) is 0 Å². The van der Waals surface area contributed by atoms with Gasteiger partial charge in [-0.3, -0.25) is 0 Å². The maximum atomic E-state index is 2.44. The predicted octanol–water partition coefficient (Wildman–Crippen LogP) is 3.15. The van der Waals surface area contributed by atoms with E-state index in [-0.39, 0.29) is 0 Å². The monoisotopic (exact) mass is 183 g/mol. The van der Waals surface area contributed by atoms with E-state index in [2.05, 4.69) is 32.8 Å². The quantitative estimate of drug-likeness (QED) is 0.647. The number of nitrogens with zero attached hydrogens (tertiary/aromatic N) is 1. The van der Waals surface area contributed by atoms with Crippen molar-refractivity contribution in [2.24, 2.45) is 11.8 Å². The lowest BCUT2D eigenvalue weighted by Crippen LogP contribution is -2.35. The number of rotatable bonds is 4. The molecule has 0 aliphatic heterocycles. The van der Waals surface area contributed by atoms with Gasteiger partial charge in [0.1, 0.15) is 0 Å². The molecule has 0 bridgehead atoms. The maximum Gasteiger partial charge on any atom is 0.0120 e. The highest BCUT2D eigenvalue weighted by molar-refractivity contribution is 4.81. The first-order valence-electron chi connectivity index (χ1n) is 5.77. The standard InChI is InChI=1S/C12H25N/c1-10(2)9-12(13(3)4)11-7-5-6-8-11/h10-12H,5-9H2,1-4H3/t12-/m0/s1. The van der Waals surface area contributed by atoms with E-state index in [0.29, 0.717) is 0 Å². The Morgan fingerprint density at radius 1 is 1.15 bits per heavy atom. The Morgan fingerprint density at radius 3 is 2.08 bits per heavy atom. The van der Waals surface area contributed by atoms with Crippen LogP contribution in [-0.2, 0) is 0 Å². The summed E-state index contributed by atoms with van der Waals surface area (Å²) < 4.78 is 0. The molecule has 0 aromatic rings. The van der Waals surface area contributed by atoms with Crippen molar-refractivity contribution in [3.63, 3.8) is 0 Å². The van der Waals surface area contributed by atoms with Crippen molar-refractivity contribution < 1.29 is 0 Å². The van der Waals surface area contributed by atoms with Gasteiger partial charge in [0.25, 0.3) is 0 Å². The molecule has 1 saturated carbocycles. The summed E-state index contributed by atoms with van der Waals surface area (Å²) in [5.74, 6) is 1.82. The van der Waals surface area contributed by atoms with Crippen LogP contribution in [0, 0.1) is 11.8 Å². The van der Waals surface area contributed by atoms with Crippen LogP contribution in [-0.4, -0.2) is 25.0 Å². The van der Waals surface area contributed by atoms with Gasteiger partial charge in [-0.1, -0.05) is 26.7 Å². The van der Waals surface area contributed by atoms with Gasteiger partial charge in [-0.25, -0.2) is 0 Å². The summed E-state index contributed by atoms with van der Waals surface area (Å²) >= 11 is 0. The van der Waals surface area contributed by atoms with Crippen molar-refractivity contribution in [1.29, 1.82) is 0 Å². The zero-order chi connectivity index (χ0) is 9.84. The van der Waals surface area contributed by atoms with E-state index < -0.39 is 0 Å². The fraction of sp³-hybridized carbons (Fsp3) is 1.00. The Balaban J connectivity index is 2.45. The highest BCUT2D eigenvalue weighted by Gasteiger charge is 2.26. The first-order valence-corrected chi connectivity index (χ1v) is 5.77. The minimum absolute atomic E-state index is 0.836. The van der Waals surface area contributed by atoms with Crippen molar-refractivity contribution in [3.05, 3.63) is 0 Å². The molecule has 0 spiro atoms. The van der Waals surface area contributed by atoms with E-state index in [1.54, 1.807) is 0 Å². The third-order valence-corrected chi connectivity index (χ3v) is 3.32. The van der Waals surface area contributed by atoms with Gasteiger partial charge in [0.05, 0.1) is 0 Å². The summed E-state index contributed by atoms with van der Waals surface area (Å²) in [6.45, 7) is 4.68. The Labute approximate surface area is 83.5 Å². The van der Waals surface area contributed by atoms with E-state index in [0.717, 1.165) is 17.9 Å². The molecule has 13 heavy (non-hydrogen) atoms. The van der Waals surface area contributed by atoms with Gasteiger partial charge in [-0.2, -0.15) is 0 Å². The first kappa shape index (κ1) is 11.0. The molecular formula is C12H25N. The van der Waals surface area contributed by atoms with Crippen LogP contribution >= 0.6 is 0 Å². The molecule has 1 fully saturated rings. The van der Waals surface area contributed by atoms with E-state index >= 15 is 0 Å². The minimum Gasteiger partial charge on any atom is -0.306 e. The molecule has 0 saturated heterocycles. The van der Waals surface area contributed by atoms with E-state index in [9.17, 15) is 0 Å². The largest absolute Gasteiger partial charge is 0.306 e. The molecule has 0 unspecified atom stereocenters. The molecule has 1 rings (SSSR count). The molecule has 1 atom stereocenters. The fourth-order valence-electron chi connectivity index (χ4n) is 2.65. The normalized spacial score (nSPS) is 21.7. The van der Waals surface area contributed by atoms with Crippen LogP contribution < -0.4 is 0 Å². The topological polar surface area (TPSA) is 3.24 Å². The van der Waals surface area contributed by atoms with Gasteiger partial charge in [0.15, 0.2) is 0 Å². The molecular weight excluding hydrogens is 158 g/mol. The second-order valence-corrected chi connectivity index (χ2v) is 5.21. The van der Waals surface area contributed by atoms with Crippen LogP contribution in [0.5, 0.6) is 0 Å². The summed E-state index contributed by atoms with van der Waals surface area (Å²) in [6, 6.07) is 0.836. The van der Waals surface area contributed by atoms with Gasteiger partial charge in [0, 0.05) is 6.04 Å². The highest BCUT2D eigenvalue weighted by atomic mass is 15.1. The summed E-state index contributed by atoms with van der Waals surface area (Å²) in [5.41, 5.74) is 0. The first-order chi connectivity index (χ1) is 6.11. The molecule has 78 valence electrons. The van der Waals surface area contributed by atoms with Crippen molar-refractivity contribution in [2.75, 3.05) is 14.1 Å². The zero-order valence-electron chi connectivity index (χ0n) is 9.71. The minimum atomic E-state index is 0.836. The van der Waals surface area contributed by atoms with Gasteiger partial charge >= 0.3 is 0 Å². The fourth-order valence-corrected chi connectivity index (χ4v) is 2.65. The van der Waals surface area contributed by atoms with Crippen LogP contribution in [0.3, 0.4) is 0 Å². The Kier molecular flexibility index (Phi) is 4.24. The van der Waals surface area contributed by atoms with Crippen LogP contribution in [0.25, 0.3) is 0 Å². The molecule has 1 heteroatoms. The van der Waals surface area contributed by atoms with Gasteiger partial charge in [0.2, 0.25) is 0 Å². The average molecular weight is 183 g/mol. The molecule has 0 N–H and O–H groups in total. The van der Waals surface area contributed by atoms with E-state index in [4.69, 9.17) is 0 Å². The molecule has 1 aliphatic rings. The molecule has 0 heterocycles. The smallest absolute Gasteiger partial charge is 0.0120 e. The van der Waals surface area contributed by atoms with Crippen molar-refractivity contribution in [3.8, 4) is 0 Å². The molecule has 0 aromatic carbocycles. The average Bonchev–Trinajstić information content (AvgIpc) is 2.50. The highest BCUT2D eigenvalue weighted by Crippen LogP contribution is 2.32. The lowest BCUT2D eigenvalue weighted by atomic mass is 9.90. The molecule has 1 aliphatic carbocycles. The third-order valence-electron chi connectivity index (χ3n) is 3.32. The summed E-state index contributed by atoms with van der Waals surface area (Å²) in [7, 11) is 4.48. The summed E-state index contributed by atoms with van der Waals surface area (Å²) in [5, 5.41) is 0. The zero-order valence-corrected chi connectivity index (χ0v) is 9.71. The Morgan fingerprint density at radius 2 is 1.69 bits per heavy atom. The van der Waals surface area contributed by atoms with Gasteiger partial charge in [-0.05, 0) is 45.2 Å². The molecule has 0 amide bonds. The van der Waals surface area contributed by atoms with Crippen LogP contribution in [0.2, 0.25) is 0 Å². The number of hydrogen-bond acceptors (Lipinski definition) is 1. The molecule has 1 nitrogen and oxygen atoms in total. The van der Waals surface area contributed by atoms with Crippen LogP contribution in [0.1, 0.15) is 46.0 Å². The second kappa shape index (κ2) is 4.99. The van der Waals surface area contributed by atoms with E-state index in [1.165, 1.54) is 32.1 Å². The molecule has 0 radical (unpaired) electrons. The third kappa shape index (κ3) is 3.30. The summed E-state index contributed by atoms with van der Waals surface area (Å²) in [6.07, 6.45) is 7.24. The van der Waals surface area contributed by atoms with Crippen LogP contribution in [0.15, 0.2) is 0 Å². The lowest BCUT2D eigenvalue weighted by Gasteiger charge is -2.31. The lowest BCUT2D eigenvalue weighted by molar-refractivity contribution is 0.182. The van der Waals surface area contributed by atoms with Crippen molar-refractivity contribution in [2.45, 2.75) is 52.0 Å². The second-order valence-electron chi connectivity index (χ2n) is 5.21. The van der Waals surface area contributed by atoms with Crippen molar-refractivity contribution in [1.82, 2.24) is 4.90 Å².